The van der Waals surface area contributed by atoms with E-state index in [1.807, 2.05) is 0 Å². The van der Waals surface area contributed by atoms with Crippen LogP contribution >= 0.6 is 0 Å². The van der Waals surface area contributed by atoms with Crippen molar-refractivity contribution in [2.24, 2.45) is 0 Å². The van der Waals surface area contributed by atoms with Gasteiger partial charge in [0.1, 0.15) is 5.75 Å². The smallest absolute Gasteiger partial charge is 0.275 e. The number of nitrogens with one attached hydrogen (secondary N) is 2. The van der Waals surface area contributed by atoms with Crippen LogP contribution in [0.15, 0.2) is 18.2 Å². The molecule has 1 heterocycles. The Bertz CT molecular complexity index is 431. The molecule has 1 fully saturated rings. The Labute approximate surface area is 105 Å². The molecule has 0 aromatic heterocycles. The zero-order valence-corrected chi connectivity index (χ0v) is 10.3. The lowest BCUT2D eigenvalue weighted by Crippen LogP contribution is -2.38. The maximum Gasteiger partial charge on any atom is 0.275 e. The molecule has 1 aliphatic rings. The summed E-state index contributed by atoms with van der Waals surface area (Å²) in [6.07, 6.45) is 2.18. The average Bonchev–Trinajstić information content (AvgIpc) is 2.39. The van der Waals surface area contributed by atoms with Crippen LogP contribution in [0, 0.1) is 10.1 Å². The fourth-order valence-electron chi connectivity index (χ4n) is 2.10. The summed E-state index contributed by atoms with van der Waals surface area (Å²) in [7, 11) is 1.50. The molecule has 0 spiro atoms. The van der Waals surface area contributed by atoms with Gasteiger partial charge in [-0.25, -0.2) is 0 Å². The van der Waals surface area contributed by atoms with Gasteiger partial charge in [0.25, 0.3) is 5.69 Å². The van der Waals surface area contributed by atoms with Gasteiger partial charge in [-0.3, -0.25) is 10.1 Å². The SMILES string of the molecule is COc1cc(NC2CCCNC2)cc([N+](=O)[O-])c1. The monoisotopic (exact) mass is 251 g/mol. The van der Waals surface area contributed by atoms with Gasteiger partial charge in [0.05, 0.1) is 18.1 Å². The molecule has 1 aromatic rings. The van der Waals surface area contributed by atoms with Gasteiger partial charge in [0, 0.05) is 30.4 Å². The maximum absolute atomic E-state index is 10.8. The molecule has 1 unspecified atom stereocenters. The lowest BCUT2D eigenvalue weighted by Gasteiger charge is -2.24. The largest absolute Gasteiger partial charge is 0.496 e. The van der Waals surface area contributed by atoms with Crippen LogP contribution in [0.3, 0.4) is 0 Å². The summed E-state index contributed by atoms with van der Waals surface area (Å²) >= 11 is 0. The third-order valence-electron chi connectivity index (χ3n) is 3.01. The number of ether oxygens (including phenoxy) is 1. The van der Waals surface area contributed by atoms with Crippen molar-refractivity contribution in [2.75, 3.05) is 25.5 Å². The fourth-order valence-corrected chi connectivity index (χ4v) is 2.10. The molecular formula is C12H17N3O3. The summed E-state index contributed by atoms with van der Waals surface area (Å²) in [6, 6.07) is 5.05. The van der Waals surface area contributed by atoms with Gasteiger partial charge < -0.3 is 15.4 Å². The highest BCUT2D eigenvalue weighted by molar-refractivity contribution is 5.56. The molecule has 6 heteroatoms. The van der Waals surface area contributed by atoms with Gasteiger partial charge >= 0.3 is 0 Å². The van der Waals surface area contributed by atoms with Crippen molar-refractivity contribution in [3.05, 3.63) is 28.3 Å². The highest BCUT2D eigenvalue weighted by atomic mass is 16.6. The standard InChI is InChI=1S/C12H17N3O3/c1-18-12-6-10(5-11(7-12)15(16)17)14-9-3-2-4-13-8-9/h5-7,9,13-14H,2-4,8H2,1H3. The van der Waals surface area contributed by atoms with E-state index in [1.165, 1.54) is 19.2 Å². The molecule has 0 radical (unpaired) electrons. The summed E-state index contributed by atoms with van der Waals surface area (Å²) in [5.74, 6) is 0.496. The number of nitro groups is 1. The second-order valence-electron chi connectivity index (χ2n) is 4.36. The van der Waals surface area contributed by atoms with Crippen molar-refractivity contribution < 1.29 is 9.66 Å². The third kappa shape index (κ3) is 3.10. The summed E-state index contributed by atoms with van der Waals surface area (Å²) in [5, 5.41) is 17.4. The number of hydrogen-bond acceptors (Lipinski definition) is 5. The van der Waals surface area contributed by atoms with Crippen molar-refractivity contribution in [1.82, 2.24) is 5.32 Å². The predicted molar refractivity (Wildman–Crippen MR) is 69.2 cm³/mol. The Balaban J connectivity index is 2.15. The first-order valence-corrected chi connectivity index (χ1v) is 6.00. The quantitative estimate of drug-likeness (QED) is 0.630. The Morgan fingerprint density at radius 3 is 2.94 bits per heavy atom. The van der Waals surface area contributed by atoms with Crippen LogP contribution in [-0.2, 0) is 0 Å². The van der Waals surface area contributed by atoms with Crippen LogP contribution < -0.4 is 15.4 Å². The topological polar surface area (TPSA) is 76.4 Å². The zero-order chi connectivity index (χ0) is 13.0. The molecule has 1 aromatic carbocycles. The molecule has 0 aliphatic carbocycles. The van der Waals surface area contributed by atoms with E-state index in [2.05, 4.69) is 10.6 Å². The van der Waals surface area contributed by atoms with E-state index in [0.717, 1.165) is 31.6 Å². The zero-order valence-electron chi connectivity index (χ0n) is 10.3. The number of nitro benzene ring substituents is 1. The number of non-ortho nitro benzene ring substituents is 1. The van der Waals surface area contributed by atoms with E-state index in [4.69, 9.17) is 4.74 Å². The van der Waals surface area contributed by atoms with Gasteiger partial charge in [-0.2, -0.15) is 0 Å². The van der Waals surface area contributed by atoms with Crippen LogP contribution in [-0.4, -0.2) is 31.2 Å². The maximum atomic E-state index is 10.8. The van der Waals surface area contributed by atoms with E-state index >= 15 is 0 Å². The molecule has 0 bridgehead atoms. The molecule has 1 saturated heterocycles. The number of rotatable bonds is 4. The van der Waals surface area contributed by atoms with Gasteiger partial charge in [-0.15, -0.1) is 0 Å². The van der Waals surface area contributed by atoms with Gasteiger partial charge in [-0.05, 0) is 19.4 Å². The molecular weight excluding hydrogens is 234 g/mol. The fraction of sp³-hybridized carbons (Fsp3) is 0.500. The highest BCUT2D eigenvalue weighted by Crippen LogP contribution is 2.26. The molecule has 1 aliphatic heterocycles. The second-order valence-corrected chi connectivity index (χ2v) is 4.36. The molecule has 1 atom stereocenters. The van der Waals surface area contributed by atoms with E-state index < -0.39 is 4.92 Å². The van der Waals surface area contributed by atoms with Gasteiger partial charge in [-0.1, -0.05) is 0 Å². The molecule has 0 amide bonds. The number of nitrogens with zero attached hydrogens (tertiary/aromatic N) is 1. The summed E-state index contributed by atoms with van der Waals surface area (Å²) in [4.78, 5) is 10.4. The molecule has 0 saturated carbocycles. The van der Waals surface area contributed by atoms with Crippen LogP contribution in [0.5, 0.6) is 5.75 Å². The van der Waals surface area contributed by atoms with Gasteiger partial charge in [0.15, 0.2) is 0 Å². The van der Waals surface area contributed by atoms with Crippen LogP contribution in [0.25, 0.3) is 0 Å². The number of benzene rings is 1. The van der Waals surface area contributed by atoms with Crippen LogP contribution in [0.2, 0.25) is 0 Å². The Hall–Kier alpha value is -1.82. The Morgan fingerprint density at radius 1 is 1.50 bits per heavy atom. The average molecular weight is 251 g/mol. The molecule has 18 heavy (non-hydrogen) atoms. The van der Waals surface area contributed by atoms with E-state index in [9.17, 15) is 10.1 Å². The van der Waals surface area contributed by atoms with Crippen molar-refractivity contribution >= 4 is 11.4 Å². The summed E-state index contributed by atoms with van der Waals surface area (Å²) in [5.41, 5.74) is 0.773. The van der Waals surface area contributed by atoms with Crippen molar-refractivity contribution in [2.45, 2.75) is 18.9 Å². The summed E-state index contributed by atoms with van der Waals surface area (Å²) in [6.45, 7) is 1.92. The van der Waals surface area contributed by atoms with Crippen molar-refractivity contribution in [3.8, 4) is 5.75 Å². The lowest BCUT2D eigenvalue weighted by molar-refractivity contribution is -0.384. The molecule has 6 nitrogen and oxygen atoms in total. The first kappa shape index (κ1) is 12.6. The predicted octanol–water partition coefficient (Wildman–Crippen LogP) is 1.77. The van der Waals surface area contributed by atoms with E-state index in [-0.39, 0.29) is 5.69 Å². The minimum Gasteiger partial charge on any atom is -0.496 e. The lowest BCUT2D eigenvalue weighted by atomic mass is 10.1. The Morgan fingerprint density at radius 2 is 2.33 bits per heavy atom. The van der Waals surface area contributed by atoms with Crippen molar-refractivity contribution in [1.29, 1.82) is 0 Å². The molecule has 2 N–H and O–H groups in total. The Kier molecular flexibility index (Phi) is 3.99. The third-order valence-corrected chi connectivity index (χ3v) is 3.01. The van der Waals surface area contributed by atoms with Crippen molar-refractivity contribution in [3.63, 3.8) is 0 Å². The minimum atomic E-state index is -0.410. The first-order valence-electron chi connectivity index (χ1n) is 6.00. The summed E-state index contributed by atoms with van der Waals surface area (Å²) < 4.78 is 5.07. The normalized spacial score (nSPS) is 19.3. The molecule has 98 valence electrons. The highest BCUT2D eigenvalue weighted by Gasteiger charge is 2.15. The number of hydrogen-bond donors (Lipinski definition) is 2. The van der Waals surface area contributed by atoms with E-state index in [1.54, 1.807) is 6.07 Å². The van der Waals surface area contributed by atoms with Crippen LogP contribution in [0.4, 0.5) is 11.4 Å². The van der Waals surface area contributed by atoms with E-state index in [0.29, 0.717) is 11.8 Å². The number of piperidine rings is 1. The second kappa shape index (κ2) is 5.68. The number of anilines is 1. The first-order chi connectivity index (χ1) is 8.69. The van der Waals surface area contributed by atoms with Gasteiger partial charge in [0.2, 0.25) is 0 Å². The molecule has 2 rings (SSSR count). The van der Waals surface area contributed by atoms with Crippen LogP contribution in [0.1, 0.15) is 12.8 Å². The minimum absolute atomic E-state index is 0.0422. The number of methoxy groups -OCH3 is 1.